The lowest BCUT2D eigenvalue weighted by atomic mass is 10.1. The molecule has 1 fully saturated rings. The second-order valence-electron chi connectivity index (χ2n) is 6.93. The van der Waals surface area contributed by atoms with Crippen LogP contribution < -0.4 is 4.74 Å². The zero-order chi connectivity index (χ0) is 20.5. The van der Waals surface area contributed by atoms with Crippen LogP contribution in [-0.2, 0) is 21.2 Å². The number of carbonyl (C=O) groups is 1. The van der Waals surface area contributed by atoms with Gasteiger partial charge < -0.3 is 14.2 Å². The van der Waals surface area contributed by atoms with Gasteiger partial charge in [0.15, 0.2) is 5.76 Å². The summed E-state index contributed by atoms with van der Waals surface area (Å²) in [6.45, 7) is 6.32. The van der Waals surface area contributed by atoms with E-state index in [2.05, 4.69) is 5.16 Å². The SMILES string of the molecule is COc1ccc(C)cc1CC(=O)N1CCN(S(=O)(=O)c2c(C)noc2C)CC1. The van der Waals surface area contributed by atoms with Crippen molar-refractivity contribution < 1.29 is 22.5 Å². The van der Waals surface area contributed by atoms with Crippen molar-refractivity contribution in [1.29, 1.82) is 0 Å². The number of benzene rings is 1. The average molecular weight is 407 g/mol. The maximum Gasteiger partial charge on any atom is 0.248 e. The molecule has 1 saturated heterocycles. The van der Waals surface area contributed by atoms with Crippen LogP contribution in [-0.4, -0.2) is 62.0 Å². The molecule has 1 aliphatic rings. The Morgan fingerprint density at radius 1 is 1.18 bits per heavy atom. The van der Waals surface area contributed by atoms with Gasteiger partial charge in [-0.1, -0.05) is 22.9 Å². The van der Waals surface area contributed by atoms with Gasteiger partial charge in [-0.15, -0.1) is 0 Å². The summed E-state index contributed by atoms with van der Waals surface area (Å²) >= 11 is 0. The number of sulfonamides is 1. The smallest absolute Gasteiger partial charge is 0.248 e. The van der Waals surface area contributed by atoms with E-state index in [4.69, 9.17) is 9.26 Å². The predicted molar refractivity (Wildman–Crippen MR) is 103 cm³/mol. The Labute approximate surface area is 165 Å². The second-order valence-corrected chi connectivity index (χ2v) is 8.81. The molecule has 2 aromatic rings. The average Bonchev–Trinajstić information content (AvgIpc) is 3.01. The molecule has 3 rings (SSSR count). The molecule has 1 aromatic carbocycles. The van der Waals surface area contributed by atoms with Crippen molar-refractivity contribution in [1.82, 2.24) is 14.4 Å². The van der Waals surface area contributed by atoms with Crippen molar-refractivity contribution in [2.75, 3.05) is 33.3 Å². The Morgan fingerprint density at radius 2 is 1.86 bits per heavy atom. The number of amides is 1. The number of hydrogen-bond acceptors (Lipinski definition) is 6. The van der Waals surface area contributed by atoms with E-state index in [0.717, 1.165) is 11.1 Å². The topological polar surface area (TPSA) is 93.0 Å². The molecule has 0 unspecified atom stereocenters. The first-order chi connectivity index (χ1) is 13.2. The van der Waals surface area contributed by atoms with Crippen LogP contribution in [0.4, 0.5) is 0 Å². The number of aryl methyl sites for hydroxylation is 3. The molecular formula is C19H25N3O5S. The minimum Gasteiger partial charge on any atom is -0.496 e. The van der Waals surface area contributed by atoms with Crippen molar-refractivity contribution in [2.45, 2.75) is 32.1 Å². The van der Waals surface area contributed by atoms with Crippen molar-refractivity contribution in [3.05, 3.63) is 40.8 Å². The number of aromatic nitrogens is 1. The maximum atomic E-state index is 12.9. The highest BCUT2D eigenvalue weighted by Gasteiger charge is 2.34. The highest BCUT2D eigenvalue weighted by Crippen LogP contribution is 2.25. The molecule has 2 heterocycles. The van der Waals surface area contributed by atoms with E-state index in [1.807, 2.05) is 25.1 Å². The van der Waals surface area contributed by atoms with E-state index >= 15 is 0 Å². The summed E-state index contributed by atoms with van der Waals surface area (Å²) in [7, 11) is -2.10. The van der Waals surface area contributed by atoms with Gasteiger partial charge in [-0.25, -0.2) is 8.42 Å². The molecule has 28 heavy (non-hydrogen) atoms. The van der Waals surface area contributed by atoms with Gasteiger partial charge >= 0.3 is 0 Å². The van der Waals surface area contributed by atoms with Gasteiger partial charge in [0.1, 0.15) is 16.3 Å². The monoisotopic (exact) mass is 407 g/mol. The third-order valence-corrected chi connectivity index (χ3v) is 7.08. The molecule has 0 aliphatic carbocycles. The first kappa shape index (κ1) is 20.3. The van der Waals surface area contributed by atoms with Gasteiger partial charge in [0, 0.05) is 31.7 Å². The van der Waals surface area contributed by atoms with Gasteiger partial charge in [0.25, 0.3) is 0 Å². The number of piperazine rings is 1. The van der Waals surface area contributed by atoms with E-state index in [0.29, 0.717) is 24.5 Å². The van der Waals surface area contributed by atoms with Crippen LogP contribution in [0.15, 0.2) is 27.6 Å². The van der Waals surface area contributed by atoms with Crippen LogP contribution in [0.1, 0.15) is 22.6 Å². The Bertz CT molecular complexity index is 956. The van der Waals surface area contributed by atoms with E-state index in [1.54, 1.807) is 25.9 Å². The number of nitrogens with zero attached hydrogens (tertiary/aromatic N) is 3. The summed E-state index contributed by atoms with van der Waals surface area (Å²) in [5.74, 6) is 0.916. The Hall–Kier alpha value is -2.39. The molecule has 0 spiro atoms. The van der Waals surface area contributed by atoms with Gasteiger partial charge in [-0.05, 0) is 26.8 Å². The lowest BCUT2D eigenvalue weighted by Gasteiger charge is -2.34. The second kappa shape index (κ2) is 7.92. The van der Waals surface area contributed by atoms with E-state index in [9.17, 15) is 13.2 Å². The van der Waals surface area contributed by atoms with Crippen molar-refractivity contribution in [3.8, 4) is 5.75 Å². The van der Waals surface area contributed by atoms with Crippen molar-refractivity contribution in [3.63, 3.8) is 0 Å². The fraction of sp³-hybridized carbons (Fsp3) is 0.474. The molecule has 1 amide bonds. The Kier molecular flexibility index (Phi) is 5.76. The minimum atomic E-state index is -3.69. The van der Waals surface area contributed by atoms with Crippen LogP contribution >= 0.6 is 0 Å². The standard InChI is InChI=1S/C19H25N3O5S/c1-13-5-6-17(26-4)16(11-13)12-18(23)21-7-9-22(10-8-21)28(24,25)19-14(2)20-27-15(19)3/h5-6,11H,7-10,12H2,1-4H3. The Balaban J connectivity index is 1.67. The van der Waals surface area contributed by atoms with Gasteiger partial charge in [0.2, 0.25) is 15.9 Å². The largest absolute Gasteiger partial charge is 0.496 e. The third-order valence-electron chi connectivity index (χ3n) is 4.93. The molecule has 1 aliphatic heterocycles. The maximum absolute atomic E-state index is 12.9. The molecule has 0 N–H and O–H groups in total. The number of ether oxygens (including phenoxy) is 1. The highest BCUT2D eigenvalue weighted by atomic mass is 32.2. The summed E-state index contributed by atoms with van der Waals surface area (Å²) in [6, 6.07) is 5.73. The Morgan fingerprint density at radius 3 is 2.43 bits per heavy atom. The normalized spacial score (nSPS) is 15.6. The first-order valence-corrected chi connectivity index (χ1v) is 10.5. The number of rotatable bonds is 5. The van der Waals surface area contributed by atoms with Gasteiger partial charge in [-0.2, -0.15) is 4.31 Å². The minimum absolute atomic E-state index is 0.0433. The zero-order valence-electron chi connectivity index (χ0n) is 16.6. The summed E-state index contributed by atoms with van der Waals surface area (Å²) in [6.07, 6.45) is 0.224. The number of hydrogen-bond donors (Lipinski definition) is 0. The van der Waals surface area contributed by atoms with Crippen LogP contribution in [0, 0.1) is 20.8 Å². The fourth-order valence-electron chi connectivity index (χ4n) is 3.47. The number of carbonyl (C=O) groups excluding carboxylic acids is 1. The van der Waals surface area contributed by atoms with Gasteiger partial charge in [0.05, 0.1) is 13.5 Å². The van der Waals surface area contributed by atoms with Crippen molar-refractivity contribution >= 4 is 15.9 Å². The molecular weight excluding hydrogens is 382 g/mol. The first-order valence-electron chi connectivity index (χ1n) is 9.08. The molecule has 1 aromatic heterocycles. The fourth-order valence-corrected chi connectivity index (χ4v) is 5.18. The van der Waals surface area contributed by atoms with Crippen LogP contribution in [0.3, 0.4) is 0 Å². The molecule has 0 atom stereocenters. The summed E-state index contributed by atoms with van der Waals surface area (Å²) < 4.78 is 37.5. The van der Waals surface area contributed by atoms with E-state index in [1.165, 1.54) is 4.31 Å². The molecule has 9 heteroatoms. The number of methoxy groups -OCH3 is 1. The van der Waals surface area contributed by atoms with Crippen LogP contribution in [0.2, 0.25) is 0 Å². The lowest BCUT2D eigenvalue weighted by molar-refractivity contribution is -0.131. The quantitative estimate of drug-likeness (QED) is 0.749. The zero-order valence-corrected chi connectivity index (χ0v) is 17.4. The molecule has 152 valence electrons. The van der Waals surface area contributed by atoms with E-state index < -0.39 is 10.0 Å². The van der Waals surface area contributed by atoms with E-state index in [-0.39, 0.29) is 36.1 Å². The summed E-state index contributed by atoms with van der Waals surface area (Å²) in [5.41, 5.74) is 2.24. The predicted octanol–water partition coefficient (Wildman–Crippen LogP) is 1.68. The van der Waals surface area contributed by atoms with Crippen LogP contribution in [0.25, 0.3) is 0 Å². The molecule has 0 saturated carbocycles. The summed E-state index contributed by atoms with van der Waals surface area (Å²) in [4.78, 5) is 14.5. The third kappa shape index (κ3) is 3.90. The van der Waals surface area contributed by atoms with Crippen molar-refractivity contribution in [2.24, 2.45) is 0 Å². The molecule has 0 bridgehead atoms. The molecule has 0 radical (unpaired) electrons. The van der Waals surface area contributed by atoms with Gasteiger partial charge in [-0.3, -0.25) is 4.79 Å². The van der Waals surface area contributed by atoms with Crippen LogP contribution in [0.5, 0.6) is 5.75 Å². The molecule has 8 nitrogen and oxygen atoms in total. The lowest BCUT2D eigenvalue weighted by Crippen LogP contribution is -2.51. The highest BCUT2D eigenvalue weighted by molar-refractivity contribution is 7.89. The summed E-state index contributed by atoms with van der Waals surface area (Å²) in [5, 5.41) is 3.73.